The van der Waals surface area contributed by atoms with Gasteiger partial charge in [0.05, 0.1) is 11.1 Å². The number of benzene rings is 2. The molecule has 7 nitrogen and oxygen atoms in total. The minimum atomic E-state index is -3.52. The zero-order chi connectivity index (χ0) is 19.3. The van der Waals surface area contributed by atoms with Crippen molar-refractivity contribution in [3.05, 3.63) is 60.2 Å². The smallest absolute Gasteiger partial charge is 0.243 e. The van der Waals surface area contributed by atoms with E-state index < -0.39 is 10.0 Å². The Morgan fingerprint density at radius 2 is 1.70 bits per heavy atom. The third kappa shape index (κ3) is 4.72. The summed E-state index contributed by atoms with van der Waals surface area (Å²) >= 11 is 0. The largest absolute Gasteiger partial charge is 0.508 e. The second kappa shape index (κ2) is 8.32. The molecule has 1 aliphatic heterocycles. The van der Waals surface area contributed by atoms with Crippen LogP contribution < -0.4 is 5.43 Å². The number of nitrogens with zero attached hydrogens (tertiary/aromatic N) is 2. The number of amides is 1. The highest BCUT2D eigenvalue weighted by molar-refractivity contribution is 7.89. The van der Waals surface area contributed by atoms with Crippen molar-refractivity contribution in [1.82, 2.24) is 9.73 Å². The van der Waals surface area contributed by atoms with Crippen LogP contribution in [0.2, 0.25) is 0 Å². The van der Waals surface area contributed by atoms with Crippen LogP contribution in [0.3, 0.4) is 0 Å². The van der Waals surface area contributed by atoms with Crippen molar-refractivity contribution in [3.8, 4) is 5.75 Å². The van der Waals surface area contributed by atoms with Crippen LogP contribution in [0.5, 0.6) is 5.75 Å². The first-order chi connectivity index (χ1) is 13.0. The van der Waals surface area contributed by atoms with Gasteiger partial charge in [0.1, 0.15) is 5.75 Å². The molecule has 3 rings (SSSR count). The molecule has 0 aliphatic carbocycles. The van der Waals surface area contributed by atoms with Crippen molar-refractivity contribution in [2.24, 2.45) is 11.0 Å². The van der Waals surface area contributed by atoms with E-state index in [0.29, 0.717) is 25.9 Å². The van der Waals surface area contributed by atoms with E-state index in [1.807, 2.05) is 0 Å². The number of rotatable bonds is 5. The van der Waals surface area contributed by atoms with E-state index in [0.717, 1.165) is 5.56 Å². The first kappa shape index (κ1) is 19.1. The number of sulfonamides is 1. The Bertz CT molecular complexity index is 904. The fraction of sp³-hybridized carbons (Fsp3) is 0.263. The molecule has 27 heavy (non-hydrogen) atoms. The molecule has 2 aromatic carbocycles. The average Bonchev–Trinajstić information content (AvgIpc) is 2.70. The molecule has 0 aromatic heterocycles. The first-order valence-electron chi connectivity index (χ1n) is 8.64. The summed E-state index contributed by atoms with van der Waals surface area (Å²) in [6, 6.07) is 14.7. The lowest BCUT2D eigenvalue weighted by atomic mass is 9.98. The van der Waals surface area contributed by atoms with Crippen LogP contribution in [0.25, 0.3) is 0 Å². The van der Waals surface area contributed by atoms with Crippen LogP contribution in [0.4, 0.5) is 0 Å². The van der Waals surface area contributed by atoms with Crippen LogP contribution >= 0.6 is 0 Å². The molecule has 0 radical (unpaired) electrons. The minimum Gasteiger partial charge on any atom is -0.508 e. The zero-order valence-electron chi connectivity index (χ0n) is 14.7. The summed E-state index contributed by atoms with van der Waals surface area (Å²) in [6.07, 6.45) is 2.39. The number of carbonyl (C=O) groups excluding carboxylic acids is 1. The minimum absolute atomic E-state index is 0.161. The summed E-state index contributed by atoms with van der Waals surface area (Å²) in [5.41, 5.74) is 3.25. The van der Waals surface area contributed by atoms with Gasteiger partial charge in [0.15, 0.2) is 0 Å². The maximum Gasteiger partial charge on any atom is 0.243 e. The average molecular weight is 387 g/mol. The molecule has 8 heteroatoms. The predicted octanol–water partition coefficient (Wildman–Crippen LogP) is 1.94. The lowest BCUT2D eigenvalue weighted by molar-refractivity contribution is -0.126. The van der Waals surface area contributed by atoms with Gasteiger partial charge in [-0.25, -0.2) is 13.8 Å². The van der Waals surface area contributed by atoms with Gasteiger partial charge in [-0.15, -0.1) is 0 Å². The molecule has 142 valence electrons. The van der Waals surface area contributed by atoms with E-state index in [9.17, 15) is 18.3 Å². The van der Waals surface area contributed by atoms with Gasteiger partial charge in [-0.3, -0.25) is 4.79 Å². The summed E-state index contributed by atoms with van der Waals surface area (Å²) in [5.74, 6) is -0.334. The molecule has 0 atom stereocenters. The van der Waals surface area contributed by atoms with Gasteiger partial charge in [0.25, 0.3) is 0 Å². The van der Waals surface area contributed by atoms with Crippen LogP contribution in [-0.2, 0) is 14.8 Å². The maximum absolute atomic E-state index is 12.6. The van der Waals surface area contributed by atoms with Crippen LogP contribution in [0.1, 0.15) is 18.4 Å². The normalized spacial score (nSPS) is 16.4. The Balaban J connectivity index is 1.53. The number of hydrogen-bond donors (Lipinski definition) is 2. The van der Waals surface area contributed by atoms with Crippen molar-refractivity contribution < 1.29 is 18.3 Å². The second-order valence-electron chi connectivity index (χ2n) is 6.32. The van der Waals surface area contributed by atoms with Gasteiger partial charge < -0.3 is 5.11 Å². The second-order valence-corrected chi connectivity index (χ2v) is 8.26. The highest BCUT2D eigenvalue weighted by Crippen LogP contribution is 2.23. The monoisotopic (exact) mass is 387 g/mol. The van der Waals surface area contributed by atoms with Crippen molar-refractivity contribution in [1.29, 1.82) is 0 Å². The quantitative estimate of drug-likeness (QED) is 0.605. The number of nitrogens with one attached hydrogen (secondary N) is 1. The van der Waals surface area contributed by atoms with Gasteiger partial charge in [0, 0.05) is 19.0 Å². The Morgan fingerprint density at radius 3 is 2.33 bits per heavy atom. The number of aromatic hydroxyl groups is 1. The number of piperidine rings is 1. The molecular formula is C19H21N3O4S. The molecular weight excluding hydrogens is 366 g/mol. The molecule has 0 unspecified atom stereocenters. The van der Waals surface area contributed by atoms with Crippen LogP contribution in [0.15, 0.2) is 64.6 Å². The van der Waals surface area contributed by atoms with E-state index in [-0.39, 0.29) is 22.5 Å². The summed E-state index contributed by atoms with van der Waals surface area (Å²) in [6.45, 7) is 0.605. The zero-order valence-corrected chi connectivity index (χ0v) is 15.5. The third-order valence-electron chi connectivity index (χ3n) is 4.49. The first-order valence-corrected chi connectivity index (χ1v) is 10.1. The van der Waals surface area contributed by atoms with E-state index in [1.165, 1.54) is 22.7 Å². The highest BCUT2D eigenvalue weighted by Gasteiger charge is 2.31. The van der Waals surface area contributed by atoms with E-state index in [4.69, 9.17) is 0 Å². The molecule has 1 amide bonds. The van der Waals surface area contributed by atoms with E-state index in [2.05, 4.69) is 10.5 Å². The van der Waals surface area contributed by atoms with E-state index >= 15 is 0 Å². The van der Waals surface area contributed by atoms with Gasteiger partial charge in [0.2, 0.25) is 15.9 Å². The molecule has 1 aliphatic rings. The standard InChI is InChI=1S/C19H21N3O4S/c23-17-8-6-15(7-9-17)14-20-21-19(24)16-10-12-22(13-11-16)27(25,26)18-4-2-1-3-5-18/h1-9,14,16,23H,10-13H2,(H,21,24)/b20-14-. The highest BCUT2D eigenvalue weighted by atomic mass is 32.2. The van der Waals surface area contributed by atoms with Crippen molar-refractivity contribution in [3.63, 3.8) is 0 Å². The third-order valence-corrected chi connectivity index (χ3v) is 6.40. The Kier molecular flexibility index (Phi) is 5.88. The number of hydrazone groups is 1. The van der Waals surface area contributed by atoms with Crippen molar-refractivity contribution in [2.75, 3.05) is 13.1 Å². The topological polar surface area (TPSA) is 99.1 Å². The summed E-state index contributed by atoms with van der Waals surface area (Å²) in [4.78, 5) is 12.5. The van der Waals surface area contributed by atoms with E-state index in [1.54, 1.807) is 42.5 Å². The molecule has 1 heterocycles. The SMILES string of the molecule is O=C(N/N=C\c1ccc(O)cc1)C1CCN(S(=O)(=O)c2ccccc2)CC1. The van der Waals surface area contributed by atoms with Crippen molar-refractivity contribution >= 4 is 22.1 Å². The molecule has 0 spiro atoms. The molecule has 1 saturated heterocycles. The summed E-state index contributed by atoms with van der Waals surface area (Å²) in [5, 5.41) is 13.2. The van der Waals surface area contributed by atoms with Gasteiger partial charge >= 0.3 is 0 Å². The molecule has 0 saturated carbocycles. The Hall–Kier alpha value is -2.71. The van der Waals surface area contributed by atoms with Gasteiger partial charge in [-0.05, 0) is 54.8 Å². The lowest BCUT2D eigenvalue weighted by Gasteiger charge is -2.30. The van der Waals surface area contributed by atoms with Gasteiger partial charge in [-0.2, -0.15) is 9.41 Å². The number of hydrogen-bond acceptors (Lipinski definition) is 5. The molecule has 0 bridgehead atoms. The van der Waals surface area contributed by atoms with Crippen molar-refractivity contribution in [2.45, 2.75) is 17.7 Å². The number of phenolic OH excluding ortho intramolecular Hbond substituents is 1. The van der Waals surface area contributed by atoms with Crippen LogP contribution in [0, 0.1) is 5.92 Å². The number of carbonyl (C=O) groups is 1. The van der Waals surface area contributed by atoms with Gasteiger partial charge in [-0.1, -0.05) is 18.2 Å². The molecule has 1 fully saturated rings. The molecule has 2 N–H and O–H groups in total. The number of phenols is 1. The predicted molar refractivity (Wildman–Crippen MR) is 102 cm³/mol. The Morgan fingerprint density at radius 1 is 1.07 bits per heavy atom. The Labute approximate surface area is 158 Å². The maximum atomic E-state index is 12.6. The fourth-order valence-corrected chi connectivity index (χ4v) is 4.41. The van der Waals surface area contributed by atoms with Crippen LogP contribution in [-0.4, -0.2) is 43.0 Å². The summed E-state index contributed by atoms with van der Waals surface area (Å²) in [7, 11) is -3.52. The summed E-state index contributed by atoms with van der Waals surface area (Å²) < 4.78 is 26.6. The fourth-order valence-electron chi connectivity index (χ4n) is 2.92. The lowest BCUT2D eigenvalue weighted by Crippen LogP contribution is -2.42. The molecule has 2 aromatic rings.